The minimum absolute atomic E-state index is 0.201. The summed E-state index contributed by atoms with van der Waals surface area (Å²) in [5.74, 6) is 0. The Balaban J connectivity index is 2.59. The van der Waals surface area contributed by atoms with Gasteiger partial charge in [-0.15, -0.1) is 0 Å². The number of hydrogen-bond donors (Lipinski definition) is 6. The molecule has 0 unspecified atom stereocenters. The quantitative estimate of drug-likeness (QED) is 0.104. The number of aliphatic hydroxyl groups excluding tert-OH is 2. The van der Waals surface area contributed by atoms with Crippen molar-refractivity contribution in [2.45, 2.75) is 52.6 Å². The van der Waals surface area contributed by atoms with E-state index in [2.05, 4.69) is 69.2 Å². The lowest BCUT2D eigenvalue weighted by Crippen LogP contribution is -2.31. The smallest absolute Gasteiger partial charge is 0.0555 e. The van der Waals surface area contributed by atoms with Crippen molar-refractivity contribution in [2.75, 3.05) is 91.8 Å². The van der Waals surface area contributed by atoms with Crippen molar-refractivity contribution in [3.8, 4) is 0 Å². The topological polar surface area (TPSA) is 95.1 Å². The maximum atomic E-state index is 8.95. The molecule has 0 radical (unpaired) electrons. The highest BCUT2D eigenvalue weighted by Gasteiger charge is 2.09. The van der Waals surface area contributed by atoms with E-state index in [0.717, 1.165) is 104 Å². The van der Waals surface area contributed by atoms with E-state index in [1.807, 2.05) is 0 Å². The van der Waals surface area contributed by atoms with E-state index >= 15 is 0 Å². The van der Waals surface area contributed by atoms with E-state index in [4.69, 9.17) is 10.2 Å². The van der Waals surface area contributed by atoms with Crippen LogP contribution < -0.4 is 21.3 Å². The molecule has 6 N–H and O–H groups in total. The fraction of sp³-hybridized carbons (Fsp3) is 0.786. The first kappa shape index (κ1) is 32.9. The van der Waals surface area contributed by atoms with E-state index in [0.29, 0.717) is 13.1 Å². The van der Waals surface area contributed by atoms with Crippen molar-refractivity contribution < 1.29 is 10.2 Å². The molecule has 36 heavy (non-hydrogen) atoms. The van der Waals surface area contributed by atoms with Crippen LogP contribution in [0.1, 0.15) is 50.7 Å². The maximum Gasteiger partial charge on any atom is 0.0555 e. The molecule has 0 bridgehead atoms. The number of hydrogen-bond acceptors (Lipinski definition) is 8. The van der Waals surface area contributed by atoms with Crippen LogP contribution in [-0.4, -0.2) is 112 Å². The van der Waals surface area contributed by atoms with Gasteiger partial charge in [-0.2, -0.15) is 0 Å². The molecule has 0 aliphatic rings. The highest BCUT2D eigenvalue weighted by Crippen LogP contribution is 2.11. The summed E-state index contributed by atoms with van der Waals surface area (Å²) in [7, 11) is 0. The summed E-state index contributed by atoms with van der Waals surface area (Å²) in [6, 6.07) is 9.21. The summed E-state index contributed by atoms with van der Waals surface area (Å²) in [6.07, 6.45) is 4.50. The molecular formula is C28H56N6O2. The molecule has 1 aromatic carbocycles. The Morgan fingerprint density at radius 2 is 0.861 bits per heavy atom. The van der Waals surface area contributed by atoms with Crippen molar-refractivity contribution in [1.29, 1.82) is 0 Å². The molecule has 0 fully saturated rings. The zero-order chi connectivity index (χ0) is 26.1. The fourth-order valence-electron chi connectivity index (χ4n) is 4.28. The van der Waals surface area contributed by atoms with Crippen LogP contribution in [0.2, 0.25) is 0 Å². The molecule has 8 nitrogen and oxygen atoms in total. The Hall–Kier alpha value is -1.10. The standard InChI is InChI=1S/C28H56N6O2/c1-3-29-13-5-19-33(21-7-15-31-17-23-35)25-27-9-11-28(12-10-27)26-34(20-6-14-30-4-2)22-8-16-32-18-24-36/h9-12,29-32,35-36H,3-8,13-26H2,1-2H3. The molecule has 0 aliphatic heterocycles. The van der Waals surface area contributed by atoms with Gasteiger partial charge in [0.05, 0.1) is 13.2 Å². The summed E-state index contributed by atoms with van der Waals surface area (Å²) in [4.78, 5) is 5.11. The molecule has 210 valence electrons. The third-order valence-corrected chi connectivity index (χ3v) is 6.22. The summed E-state index contributed by atoms with van der Waals surface area (Å²) in [5.41, 5.74) is 2.75. The van der Waals surface area contributed by atoms with Crippen molar-refractivity contribution in [3.63, 3.8) is 0 Å². The molecule has 0 saturated carbocycles. The summed E-state index contributed by atoms with van der Waals surface area (Å²) in [5, 5.41) is 31.4. The van der Waals surface area contributed by atoms with Crippen molar-refractivity contribution in [2.24, 2.45) is 0 Å². The van der Waals surface area contributed by atoms with Crippen molar-refractivity contribution >= 4 is 0 Å². The summed E-state index contributed by atoms with van der Waals surface area (Å²) in [6.45, 7) is 18.4. The molecule has 0 aromatic heterocycles. The average Bonchev–Trinajstić information content (AvgIpc) is 2.89. The normalized spacial score (nSPS) is 11.7. The largest absolute Gasteiger partial charge is 0.395 e. The zero-order valence-corrected chi connectivity index (χ0v) is 23.2. The maximum absolute atomic E-state index is 8.95. The molecule has 0 atom stereocenters. The van der Waals surface area contributed by atoms with Crippen LogP contribution >= 0.6 is 0 Å². The van der Waals surface area contributed by atoms with Crippen LogP contribution in [0.15, 0.2) is 24.3 Å². The van der Waals surface area contributed by atoms with Gasteiger partial charge in [0, 0.05) is 26.2 Å². The lowest BCUT2D eigenvalue weighted by molar-refractivity contribution is 0.251. The lowest BCUT2D eigenvalue weighted by atomic mass is 10.1. The summed E-state index contributed by atoms with van der Waals surface area (Å²) >= 11 is 0. The van der Waals surface area contributed by atoms with Crippen molar-refractivity contribution in [1.82, 2.24) is 31.1 Å². The first-order valence-electron chi connectivity index (χ1n) is 14.3. The number of aliphatic hydroxyl groups is 2. The molecule has 0 saturated heterocycles. The third-order valence-electron chi connectivity index (χ3n) is 6.22. The van der Waals surface area contributed by atoms with Gasteiger partial charge in [-0.1, -0.05) is 38.1 Å². The Labute approximate surface area is 221 Å². The van der Waals surface area contributed by atoms with Crippen molar-refractivity contribution in [3.05, 3.63) is 35.4 Å². The fourth-order valence-corrected chi connectivity index (χ4v) is 4.28. The lowest BCUT2D eigenvalue weighted by Gasteiger charge is -2.24. The van der Waals surface area contributed by atoms with Gasteiger partial charge in [0.15, 0.2) is 0 Å². The number of nitrogens with one attached hydrogen (secondary N) is 4. The van der Waals surface area contributed by atoms with Crippen LogP contribution in [0.5, 0.6) is 0 Å². The van der Waals surface area contributed by atoms with Gasteiger partial charge in [0.25, 0.3) is 0 Å². The first-order valence-corrected chi connectivity index (χ1v) is 14.3. The summed E-state index contributed by atoms with van der Waals surface area (Å²) < 4.78 is 0. The van der Waals surface area contributed by atoms with E-state index in [9.17, 15) is 0 Å². The monoisotopic (exact) mass is 508 g/mol. The Morgan fingerprint density at radius 3 is 1.17 bits per heavy atom. The highest BCUT2D eigenvalue weighted by atomic mass is 16.3. The molecule has 0 spiro atoms. The Bertz CT molecular complexity index is 539. The van der Waals surface area contributed by atoms with E-state index in [-0.39, 0.29) is 13.2 Å². The molecule has 1 rings (SSSR count). The number of rotatable bonds is 26. The van der Waals surface area contributed by atoms with Crippen LogP contribution in [-0.2, 0) is 13.1 Å². The average molecular weight is 509 g/mol. The zero-order valence-electron chi connectivity index (χ0n) is 23.2. The van der Waals surface area contributed by atoms with Crippen LogP contribution in [0.3, 0.4) is 0 Å². The molecule has 0 heterocycles. The van der Waals surface area contributed by atoms with Gasteiger partial charge in [-0.3, -0.25) is 9.80 Å². The predicted octanol–water partition coefficient (Wildman–Crippen LogP) is 1.23. The second-order valence-electron chi connectivity index (χ2n) is 9.44. The van der Waals surface area contributed by atoms with E-state index < -0.39 is 0 Å². The van der Waals surface area contributed by atoms with Gasteiger partial charge in [-0.25, -0.2) is 0 Å². The Kier molecular flexibility index (Phi) is 22.2. The van der Waals surface area contributed by atoms with Gasteiger partial charge in [0.2, 0.25) is 0 Å². The van der Waals surface area contributed by atoms with E-state index in [1.165, 1.54) is 11.1 Å². The second-order valence-corrected chi connectivity index (χ2v) is 9.44. The minimum atomic E-state index is 0.201. The highest BCUT2D eigenvalue weighted by molar-refractivity contribution is 5.22. The van der Waals surface area contributed by atoms with Gasteiger partial charge < -0.3 is 31.5 Å². The number of nitrogens with zero attached hydrogens (tertiary/aromatic N) is 2. The Morgan fingerprint density at radius 1 is 0.528 bits per heavy atom. The third kappa shape index (κ3) is 18.2. The number of benzene rings is 1. The first-order chi connectivity index (χ1) is 17.7. The molecule has 8 heteroatoms. The molecular weight excluding hydrogens is 452 g/mol. The van der Waals surface area contributed by atoms with E-state index in [1.54, 1.807) is 0 Å². The van der Waals surface area contributed by atoms with Gasteiger partial charge in [-0.05, 0) is 102 Å². The predicted molar refractivity (Wildman–Crippen MR) is 152 cm³/mol. The van der Waals surface area contributed by atoms with Crippen LogP contribution in [0.4, 0.5) is 0 Å². The van der Waals surface area contributed by atoms with Gasteiger partial charge >= 0.3 is 0 Å². The van der Waals surface area contributed by atoms with Crippen LogP contribution in [0.25, 0.3) is 0 Å². The second kappa shape index (κ2) is 24.2. The molecule has 0 aliphatic carbocycles. The molecule has 0 amide bonds. The minimum Gasteiger partial charge on any atom is -0.395 e. The SMILES string of the molecule is CCNCCCN(CCCNCCO)Cc1ccc(CN(CCCNCC)CCCNCCO)cc1. The molecule has 1 aromatic rings. The van der Waals surface area contributed by atoms with Gasteiger partial charge in [0.1, 0.15) is 0 Å². The van der Waals surface area contributed by atoms with Crippen LogP contribution in [0, 0.1) is 0 Å².